The number of hydrogen-bond donors (Lipinski definition) is 2. The lowest BCUT2D eigenvalue weighted by atomic mass is 10.1. The fraction of sp³-hybridized carbons (Fsp3) is 0.0769. The molecule has 0 bridgehead atoms. The molecule has 12 heteroatoms. The van der Waals surface area contributed by atoms with Crippen molar-refractivity contribution in [2.75, 3.05) is 24.9 Å². The number of nitrogens with zero attached hydrogens (tertiary/aromatic N) is 2. The SMILES string of the molecule is COc1ccc(-c2csc(NC3=C(Cl)C(=O)C(Nc4nc(-c5ccc(OC)cc5)cs4)=C(Cl)C3=O)n2)cc1. The van der Waals surface area contributed by atoms with Gasteiger partial charge in [-0.2, -0.15) is 0 Å². The lowest BCUT2D eigenvalue weighted by Gasteiger charge is -2.18. The Morgan fingerprint density at radius 2 is 1.03 bits per heavy atom. The van der Waals surface area contributed by atoms with Gasteiger partial charge in [0.05, 0.1) is 25.6 Å². The molecule has 0 fully saturated rings. The summed E-state index contributed by atoms with van der Waals surface area (Å²) in [6, 6.07) is 14.8. The molecule has 5 rings (SSSR count). The average molecular weight is 585 g/mol. The van der Waals surface area contributed by atoms with Crippen LogP contribution < -0.4 is 20.1 Å². The Hall–Kier alpha value is -3.70. The summed E-state index contributed by atoms with van der Waals surface area (Å²) < 4.78 is 10.4. The number of thiazole rings is 2. The van der Waals surface area contributed by atoms with Gasteiger partial charge in [0.15, 0.2) is 10.3 Å². The highest BCUT2D eigenvalue weighted by molar-refractivity contribution is 7.14. The van der Waals surface area contributed by atoms with E-state index in [0.717, 1.165) is 22.6 Å². The summed E-state index contributed by atoms with van der Waals surface area (Å²) in [5, 5.41) is 9.54. The van der Waals surface area contributed by atoms with Gasteiger partial charge in [0, 0.05) is 21.9 Å². The Balaban J connectivity index is 1.32. The highest BCUT2D eigenvalue weighted by Gasteiger charge is 2.34. The van der Waals surface area contributed by atoms with Crippen LogP contribution in [0.3, 0.4) is 0 Å². The molecule has 2 aromatic carbocycles. The molecule has 4 aromatic rings. The van der Waals surface area contributed by atoms with Crippen LogP contribution in [0.25, 0.3) is 22.5 Å². The highest BCUT2D eigenvalue weighted by Crippen LogP contribution is 2.34. The first-order chi connectivity index (χ1) is 18.4. The number of aromatic nitrogens is 2. The number of halogens is 2. The number of methoxy groups -OCH3 is 2. The lowest BCUT2D eigenvalue weighted by molar-refractivity contribution is -0.115. The Labute approximate surface area is 235 Å². The maximum Gasteiger partial charge on any atom is 0.224 e. The van der Waals surface area contributed by atoms with E-state index in [2.05, 4.69) is 20.6 Å². The quantitative estimate of drug-likeness (QED) is 0.225. The number of carbonyl (C=O) groups excluding carboxylic acids is 2. The number of benzene rings is 2. The van der Waals surface area contributed by atoms with Crippen molar-refractivity contribution in [1.82, 2.24) is 9.97 Å². The second-order valence-corrected chi connectivity index (χ2v) is 10.3. The van der Waals surface area contributed by atoms with E-state index in [-0.39, 0.29) is 21.5 Å². The average Bonchev–Trinajstić information content (AvgIpc) is 3.62. The van der Waals surface area contributed by atoms with Crippen molar-refractivity contribution < 1.29 is 19.1 Å². The molecule has 1 aliphatic carbocycles. The molecule has 0 aliphatic heterocycles. The summed E-state index contributed by atoms with van der Waals surface area (Å²) in [6.07, 6.45) is 0. The van der Waals surface area contributed by atoms with Crippen molar-refractivity contribution in [2.24, 2.45) is 0 Å². The number of allylic oxidation sites excluding steroid dienone is 2. The van der Waals surface area contributed by atoms with Gasteiger partial charge in [0.1, 0.15) is 33.0 Å². The normalized spacial score (nSPS) is 13.7. The van der Waals surface area contributed by atoms with Crippen molar-refractivity contribution in [2.45, 2.75) is 0 Å². The van der Waals surface area contributed by atoms with Gasteiger partial charge in [-0.3, -0.25) is 9.59 Å². The van der Waals surface area contributed by atoms with Crippen LogP contribution >= 0.6 is 45.9 Å². The fourth-order valence-corrected chi connectivity index (χ4v) is 5.44. The standard InChI is InChI=1S/C26H18Cl2N4O4S2/c1-35-15-7-3-13(4-8-15)17-11-37-25(29-17)31-21-19(27)24(34)22(20(28)23(21)33)32-26-30-18(12-38-26)14-5-9-16(36-2)10-6-14/h3-12H,1-2H3,(H,29,31)(H,30,32). The molecule has 192 valence electrons. The third-order valence-corrected chi connectivity index (χ3v) is 7.77. The fourth-order valence-electron chi connectivity index (χ4n) is 3.53. The molecule has 0 radical (unpaired) electrons. The van der Waals surface area contributed by atoms with Crippen LogP contribution in [0.4, 0.5) is 10.3 Å². The lowest BCUT2D eigenvalue weighted by Crippen LogP contribution is -2.27. The zero-order valence-corrected chi connectivity index (χ0v) is 23.0. The molecule has 0 amide bonds. The minimum atomic E-state index is -0.633. The molecule has 2 N–H and O–H groups in total. The van der Waals surface area contributed by atoms with E-state index in [1.807, 2.05) is 59.3 Å². The van der Waals surface area contributed by atoms with E-state index < -0.39 is 11.6 Å². The molecule has 1 aliphatic rings. The van der Waals surface area contributed by atoms with Gasteiger partial charge in [-0.25, -0.2) is 9.97 Å². The minimum Gasteiger partial charge on any atom is -0.497 e. The second kappa shape index (κ2) is 11.0. The summed E-state index contributed by atoms with van der Waals surface area (Å²) in [6.45, 7) is 0. The zero-order chi connectivity index (χ0) is 26.8. The maximum atomic E-state index is 13.1. The summed E-state index contributed by atoms with van der Waals surface area (Å²) >= 11 is 15.2. The van der Waals surface area contributed by atoms with E-state index in [1.54, 1.807) is 14.2 Å². The van der Waals surface area contributed by atoms with Crippen molar-refractivity contribution in [3.63, 3.8) is 0 Å². The Bertz CT molecular complexity index is 1470. The van der Waals surface area contributed by atoms with Crippen LogP contribution in [-0.2, 0) is 9.59 Å². The smallest absolute Gasteiger partial charge is 0.224 e. The monoisotopic (exact) mass is 584 g/mol. The van der Waals surface area contributed by atoms with E-state index in [9.17, 15) is 9.59 Å². The van der Waals surface area contributed by atoms with E-state index in [4.69, 9.17) is 32.7 Å². The number of ketones is 2. The summed E-state index contributed by atoms with van der Waals surface area (Å²) in [5.41, 5.74) is 2.83. The Morgan fingerprint density at radius 3 is 1.37 bits per heavy atom. The number of anilines is 2. The zero-order valence-electron chi connectivity index (χ0n) is 19.9. The summed E-state index contributed by atoms with van der Waals surface area (Å²) in [5.74, 6) is 0.191. The van der Waals surface area contributed by atoms with E-state index in [1.165, 1.54) is 22.7 Å². The number of carbonyl (C=O) groups is 2. The molecular weight excluding hydrogens is 567 g/mol. The van der Waals surface area contributed by atoms with Crippen molar-refractivity contribution >= 4 is 67.7 Å². The maximum absolute atomic E-state index is 13.1. The summed E-state index contributed by atoms with van der Waals surface area (Å²) in [7, 11) is 3.19. The van der Waals surface area contributed by atoms with Gasteiger partial charge in [-0.05, 0) is 48.5 Å². The van der Waals surface area contributed by atoms with Gasteiger partial charge < -0.3 is 20.1 Å². The molecule has 0 unspecified atom stereocenters. The molecule has 0 saturated carbocycles. The largest absolute Gasteiger partial charge is 0.497 e. The number of nitrogens with one attached hydrogen (secondary N) is 2. The predicted molar refractivity (Wildman–Crippen MR) is 151 cm³/mol. The van der Waals surface area contributed by atoms with Crippen molar-refractivity contribution in [3.05, 3.63) is 80.7 Å². The second-order valence-electron chi connectivity index (χ2n) is 7.82. The van der Waals surface area contributed by atoms with Crippen LogP contribution in [0.5, 0.6) is 11.5 Å². The molecule has 0 atom stereocenters. The van der Waals surface area contributed by atoms with Crippen LogP contribution in [-0.4, -0.2) is 35.8 Å². The molecule has 8 nitrogen and oxygen atoms in total. The van der Waals surface area contributed by atoms with E-state index >= 15 is 0 Å². The Morgan fingerprint density at radius 1 is 0.658 bits per heavy atom. The third-order valence-electron chi connectivity index (χ3n) is 5.54. The van der Waals surface area contributed by atoms with Crippen LogP contribution in [0.1, 0.15) is 0 Å². The van der Waals surface area contributed by atoms with E-state index in [0.29, 0.717) is 21.7 Å². The van der Waals surface area contributed by atoms with Gasteiger partial charge in [-0.15, -0.1) is 22.7 Å². The predicted octanol–water partition coefficient (Wildman–Crippen LogP) is 6.53. The molecular formula is C26H18Cl2N4O4S2. The van der Waals surface area contributed by atoms with Gasteiger partial charge in [0.25, 0.3) is 0 Å². The number of Topliss-reactive ketones (excluding diaryl/α,β-unsaturated/α-hetero) is 2. The van der Waals surface area contributed by atoms with Crippen molar-refractivity contribution in [3.8, 4) is 34.0 Å². The first-order valence-corrected chi connectivity index (χ1v) is 13.5. The molecule has 2 aromatic heterocycles. The highest BCUT2D eigenvalue weighted by atomic mass is 35.5. The molecule has 2 heterocycles. The number of ether oxygens (including phenoxy) is 2. The minimum absolute atomic E-state index is 0.138. The van der Waals surface area contributed by atoms with Crippen LogP contribution in [0.2, 0.25) is 0 Å². The van der Waals surface area contributed by atoms with Gasteiger partial charge in [0.2, 0.25) is 11.6 Å². The molecule has 0 spiro atoms. The van der Waals surface area contributed by atoms with Crippen molar-refractivity contribution in [1.29, 1.82) is 0 Å². The summed E-state index contributed by atoms with van der Waals surface area (Å²) in [4.78, 5) is 35.1. The first kappa shape index (κ1) is 25.9. The Kier molecular flexibility index (Phi) is 7.48. The number of hydrogen-bond acceptors (Lipinski definition) is 10. The first-order valence-electron chi connectivity index (χ1n) is 11.0. The molecule has 0 saturated heterocycles. The number of rotatable bonds is 8. The van der Waals surface area contributed by atoms with Crippen LogP contribution in [0.15, 0.2) is 80.7 Å². The third kappa shape index (κ3) is 5.16. The van der Waals surface area contributed by atoms with Gasteiger partial charge in [-0.1, -0.05) is 23.2 Å². The topological polar surface area (TPSA) is 102 Å². The molecule has 38 heavy (non-hydrogen) atoms. The van der Waals surface area contributed by atoms with Gasteiger partial charge >= 0.3 is 0 Å². The van der Waals surface area contributed by atoms with Crippen LogP contribution in [0, 0.1) is 0 Å².